The first-order valence-corrected chi connectivity index (χ1v) is 15.1. The van der Waals surface area contributed by atoms with Gasteiger partial charge in [0.15, 0.2) is 0 Å². The summed E-state index contributed by atoms with van der Waals surface area (Å²) in [6.07, 6.45) is 8.03. The minimum absolute atomic E-state index is 0.0626. The second-order valence-corrected chi connectivity index (χ2v) is 11.4. The number of pyridine rings is 1. The second kappa shape index (κ2) is 13.6. The van der Waals surface area contributed by atoms with Crippen LogP contribution in [0.1, 0.15) is 35.1 Å². The van der Waals surface area contributed by atoms with E-state index in [-0.39, 0.29) is 11.6 Å². The number of imidazole rings is 1. The zero-order chi connectivity index (χ0) is 32.9. The van der Waals surface area contributed by atoms with Crippen LogP contribution in [0.25, 0.3) is 39.4 Å². The highest BCUT2D eigenvalue weighted by Gasteiger charge is 2.26. The van der Waals surface area contributed by atoms with Crippen molar-refractivity contribution in [1.29, 1.82) is 10.5 Å². The van der Waals surface area contributed by atoms with Gasteiger partial charge in [-0.05, 0) is 65.4 Å². The highest BCUT2D eigenvalue weighted by atomic mass is 19.1. The van der Waals surface area contributed by atoms with E-state index in [1.807, 2.05) is 60.1 Å². The molecule has 47 heavy (non-hydrogen) atoms. The third kappa shape index (κ3) is 6.58. The molecule has 1 aliphatic heterocycles. The number of halogens is 1. The van der Waals surface area contributed by atoms with E-state index >= 15 is 0 Å². The van der Waals surface area contributed by atoms with Gasteiger partial charge in [-0.1, -0.05) is 36.4 Å². The summed E-state index contributed by atoms with van der Waals surface area (Å²) >= 11 is 0. The van der Waals surface area contributed by atoms with Gasteiger partial charge < -0.3 is 14.8 Å². The maximum Gasteiger partial charge on any atom is 0.267 e. The standard InChI is InChI=1S/C36H31FN8O2/c1-44-22-42-32-17-25(9-10-33(32)44)30-21-41-36(29(19-39)35(30)26-7-8-27(18-38)31(37)16-26)45-14-12-28(13-15-45)40-20-24-4-2-23(3-5-24)6-11-34(46)43-47/h2-11,16-17,21-22,28,40,47H,12-15,20H2,1H3,(H,43,46)/b11-6+. The summed E-state index contributed by atoms with van der Waals surface area (Å²) in [5.41, 5.74) is 8.09. The third-order valence-electron chi connectivity index (χ3n) is 8.49. The maximum atomic E-state index is 14.9. The molecule has 234 valence electrons. The van der Waals surface area contributed by atoms with Crippen LogP contribution >= 0.6 is 0 Å². The van der Waals surface area contributed by atoms with Crippen molar-refractivity contribution in [2.24, 2.45) is 7.05 Å². The van der Waals surface area contributed by atoms with Crippen LogP contribution in [0, 0.1) is 28.5 Å². The van der Waals surface area contributed by atoms with Crippen LogP contribution < -0.4 is 15.7 Å². The maximum absolute atomic E-state index is 14.9. The fraction of sp³-hybridized carbons (Fsp3) is 0.194. The Morgan fingerprint density at radius 3 is 2.51 bits per heavy atom. The number of hydrogen-bond acceptors (Lipinski definition) is 8. The van der Waals surface area contributed by atoms with E-state index in [1.54, 1.807) is 30.1 Å². The van der Waals surface area contributed by atoms with E-state index in [1.165, 1.54) is 18.2 Å². The molecule has 0 bridgehead atoms. The summed E-state index contributed by atoms with van der Waals surface area (Å²) in [6, 6.07) is 22.6. The fourth-order valence-corrected chi connectivity index (χ4v) is 5.94. The van der Waals surface area contributed by atoms with E-state index in [9.17, 15) is 19.7 Å². The normalized spacial score (nSPS) is 13.5. The molecule has 0 unspecified atom stereocenters. The summed E-state index contributed by atoms with van der Waals surface area (Å²) in [4.78, 5) is 22.6. The minimum atomic E-state index is -0.648. The Bertz CT molecular complexity index is 2070. The lowest BCUT2D eigenvalue weighted by molar-refractivity contribution is -0.124. The number of benzene rings is 3. The molecule has 3 aromatic carbocycles. The van der Waals surface area contributed by atoms with Crippen LogP contribution in [-0.2, 0) is 18.4 Å². The van der Waals surface area contributed by atoms with Crippen molar-refractivity contribution in [2.75, 3.05) is 18.0 Å². The number of nitriles is 2. The number of carbonyl (C=O) groups excluding carboxylic acids is 1. The molecule has 6 rings (SSSR count). The molecular weight excluding hydrogens is 595 g/mol. The summed E-state index contributed by atoms with van der Waals surface area (Å²) in [5, 5.41) is 32.1. The lowest BCUT2D eigenvalue weighted by atomic mass is 9.91. The summed E-state index contributed by atoms with van der Waals surface area (Å²) in [7, 11) is 1.92. The smallest absolute Gasteiger partial charge is 0.267 e. The van der Waals surface area contributed by atoms with Gasteiger partial charge in [-0.3, -0.25) is 10.0 Å². The number of nitrogens with zero attached hydrogens (tertiary/aromatic N) is 6. The molecule has 1 saturated heterocycles. The number of rotatable bonds is 8. The highest BCUT2D eigenvalue weighted by molar-refractivity contribution is 5.93. The van der Waals surface area contributed by atoms with Gasteiger partial charge in [0.25, 0.3) is 5.91 Å². The number of anilines is 1. The molecule has 3 heterocycles. The first-order chi connectivity index (χ1) is 22.9. The van der Waals surface area contributed by atoms with Gasteiger partial charge in [0.2, 0.25) is 0 Å². The predicted molar refractivity (Wildman–Crippen MR) is 176 cm³/mol. The Morgan fingerprint density at radius 2 is 1.81 bits per heavy atom. The summed E-state index contributed by atoms with van der Waals surface area (Å²) in [6.45, 7) is 2.03. The molecule has 5 aromatic rings. The summed E-state index contributed by atoms with van der Waals surface area (Å²) < 4.78 is 16.9. The Morgan fingerprint density at radius 1 is 1.04 bits per heavy atom. The van der Waals surface area contributed by atoms with Crippen LogP contribution in [0.5, 0.6) is 0 Å². The number of piperidine rings is 1. The van der Waals surface area contributed by atoms with Crippen molar-refractivity contribution in [3.05, 3.63) is 107 Å². The number of amides is 1. The van der Waals surface area contributed by atoms with Gasteiger partial charge in [-0.2, -0.15) is 10.5 Å². The average Bonchev–Trinajstić information content (AvgIpc) is 3.49. The first-order valence-electron chi connectivity index (χ1n) is 15.1. The largest absolute Gasteiger partial charge is 0.355 e. The lowest BCUT2D eigenvalue weighted by Crippen LogP contribution is -2.42. The number of aromatic nitrogens is 3. The molecule has 0 atom stereocenters. The lowest BCUT2D eigenvalue weighted by Gasteiger charge is -2.34. The van der Waals surface area contributed by atoms with Gasteiger partial charge in [0.1, 0.15) is 29.3 Å². The van der Waals surface area contributed by atoms with Gasteiger partial charge in [-0.15, -0.1) is 0 Å². The number of aryl methyl sites for hydroxylation is 1. The minimum Gasteiger partial charge on any atom is -0.355 e. The van der Waals surface area contributed by atoms with Crippen molar-refractivity contribution in [2.45, 2.75) is 25.4 Å². The Hall–Kier alpha value is -5.88. The molecule has 2 aromatic heterocycles. The number of nitrogens with one attached hydrogen (secondary N) is 2. The van der Waals surface area contributed by atoms with Crippen molar-refractivity contribution in [1.82, 2.24) is 25.3 Å². The van der Waals surface area contributed by atoms with E-state index in [2.05, 4.69) is 21.3 Å². The second-order valence-electron chi connectivity index (χ2n) is 11.4. The molecular formula is C36H31FN8O2. The van der Waals surface area contributed by atoms with Crippen molar-refractivity contribution in [3.8, 4) is 34.4 Å². The highest BCUT2D eigenvalue weighted by Crippen LogP contribution is 2.40. The molecule has 0 aliphatic carbocycles. The zero-order valence-corrected chi connectivity index (χ0v) is 25.6. The fourth-order valence-electron chi connectivity index (χ4n) is 5.94. The van der Waals surface area contributed by atoms with Crippen LogP contribution in [-0.4, -0.2) is 44.8 Å². The van der Waals surface area contributed by atoms with Gasteiger partial charge >= 0.3 is 0 Å². The molecule has 1 fully saturated rings. The van der Waals surface area contributed by atoms with E-state index in [0.717, 1.165) is 40.6 Å². The van der Waals surface area contributed by atoms with Gasteiger partial charge in [-0.25, -0.2) is 19.8 Å². The Labute approximate surface area is 271 Å². The van der Waals surface area contributed by atoms with Crippen LogP contribution in [0.4, 0.5) is 10.2 Å². The zero-order valence-electron chi connectivity index (χ0n) is 25.6. The van der Waals surface area contributed by atoms with E-state index < -0.39 is 11.7 Å². The van der Waals surface area contributed by atoms with Crippen molar-refractivity contribution < 1.29 is 14.4 Å². The van der Waals surface area contributed by atoms with Crippen molar-refractivity contribution in [3.63, 3.8) is 0 Å². The van der Waals surface area contributed by atoms with Crippen molar-refractivity contribution >= 4 is 28.8 Å². The van der Waals surface area contributed by atoms with Crippen LogP contribution in [0.3, 0.4) is 0 Å². The first kappa shape index (κ1) is 31.1. The topological polar surface area (TPSA) is 143 Å². The SMILES string of the molecule is Cn1cnc2cc(-c3cnc(N4CCC(NCc5ccc(/C=C/C(=O)NO)cc5)CC4)c(C#N)c3-c3ccc(C#N)c(F)c3)ccc21. The Kier molecular flexibility index (Phi) is 9.02. The average molecular weight is 627 g/mol. The third-order valence-corrected chi connectivity index (χ3v) is 8.49. The molecule has 1 amide bonds. The number of hydroxylamine groups is 1. The van der Waals surface area contributed by atoms with E-state index in [0.29, 0.717) is 47.7 Å². The van der Waals surface area contributed by atoms with Crippen LogP contribution in [0.2, 0.25) is 0 Å². The number of carbonyl (C=O) groups is 1. The van der Waals surface area contributed by atoms with Gasteiger partial charge in [0, 0.05) is 56.1 Å². The molecule has 10 nitrogen and oxygen atoms in total. The van der Waals surface area contributed by atoms with Gasteiger partial charge in [0.05, 0.1) is 22.9 Å². The molecule has 0 radical (unpaired) electrons. The van der Waals surface area contributed by atoms with Crippen LogP contribution in [0.15, 0.2) is 79.3 Å². The molecule has 0 spiro atoms. The monoisotopic (exact) mass is 626 g/mol. The molecule has 11 heteroatoms. The number of hydrogen-bond donors (Lipinski definition) is 3. The Balaban J connectivity index is 1.23. The van der Waals surface area contributed by atoms with E-state index in [4.69, 9.17) is 10.2 Å². The predicted octanol–water partition coefficient (Wildman–Crippen LogP) is 5.46. The molecule has 3 N–H and O–H groups in total. The quantitative estimate of drug-likeness (QED) is 0.117. The molecule has 1 aliphatic rings. The molecule has 0 saturated carbocycles. The number of fused-ring (bicyclic) bond motifs is 1. The summed E-state index contributed by atoms with van der Waals surface area (Å²) in [5.74, 6) is -0.686.